The fourth-order valence-corrected chi connectivity index (χ4v) is 1.55. The molecule has 1 aromatic heterocycles. The molecule has 1 atom stereocenters. The molecule has 0 spiro atoms. The molecule has 2 aromatic rings. The molecule has 0 bridgehead atoms. The molecule has 1 aromatic carbocycles. The molecule has 0 radical (unpaired) electrons. The Labute approximate surface area is 110 Å². The van der Waals surface area contributed by atoms with E-state index in [0.717, 1.165) is 0 Å². The minimum absolute atomic E-state index is 0.0979. The van der Waals surface area contributed by atoms with Crippen molar-refractivity contribution in [1.29, 1.82) is 0 Å². The average molecular weight is 261 g/mol. The highest BCUT2D eigenvalue weighted by atomic mass is 16.5. The van der Waals surface area contributed by atoms with Gasteiger partial charge >= 0.3 is 0 Å². The molecule has 19 heavy (non-hydrogen) atoms. The molecule has 0 saturated carbocycles. The number of hydrogen-bond donors (Lipinski definition) is 2. The molecule has 0 aliphatic rings. The lowest BCUT2D eigenvalue weighted by Gasteiger charge is -2.14. The van der Waals surface area contributed by atoms with E-state index in [2.05, 4.69) is 5.32 Å². The van der Waals surface area contributed by atoms with Crippen LogP contribution in [0, 0.1) is 0 Å². The molecule has 2 rings (SSSR count). The number of hydrogen-bond acceptors (Lipinski definition) is 4. The smallest absolute Gasteiger partial charge is 0.261 e. The maximum atomic E-state index is 11.8. The van der Waals surface area contributed by atoms with E-state index in [1.165, 1.54) is 12.1 Å². The fourth-order valence-electron chi connectivity index (χ4n) is 1.55. The van der Waals surface area contributed by atoms with E-state index in [9.17, 15) is 9.90 Å². The molecular formula is C14H15NO4. The molecule has 0 saturated heterocycles. The summed E-state index contributed by atoms with van der Waals surface area (Å²) in [5, 5.41) is 12.0. The van der Waals surface area contributed by atoms with Gasteiger partial charge in [0, 0.05) is 6.07 Å². The molecule has 0 fully saturated rings. The predicted molar refractivity (Wildman–Crippen MR) is 68.8 cm³/mol. The Balaban J connectivity index is 1.85. The van der Waals surface area contributed by atoms with Crippen molar-refractivity contribution in [2.75, 3.05) is 0 Å². The minimum atomic E-state index is -0.656. The van der Waals surface area contributed by atoms with Crippen LogP contribution in [0.1, 0.15) is 12.7 Å². The first kappa shape index (κ1) is 13.0. The van der Waals surface area contributed by atoms with Crippen molar-refractivity contribution in [1.82, 2.24) is 5.32 Å². The van der Waals surface area contributed by atoms with Crippen molar-refractivity contribution in [2.24, 2.45) is 0 Å². The van der Waals surface area contributed by atoms with Gasteiger partial charge in [0.25, 0.3) is 5.91 Å². The Kier molecular flexibility index (Phi) is 4.07. The van der Waals surface area contributed by atoms with Crippen LogP contribution in [0.4, 0.5) is 0 Å². The van der Waals surface area contributed by atoms with Gasteiger partial charge in [-0.05, 0) is 31.2 Å². The third-order valence-corrected chi connectivity index (χ3v) is 2.52. The summed E-state index contributed by atoms with van der Waals surface area (Å²) in [6.45, 7) is 1.96. The molecule has 5 nitrogen and oxygen atoms in total. The van der Waals surface area contributed by atoms with Gasteiger partial charge in [-0.25, -0.2) is 0 Å². The van der Waals surface area contributed by atoms with E-state index in [-0.39, 0.29) is 11.7 Å². The highest BCUT2D eigenvalue weighted by molar-refractivity contribution is 5.80. The largest absolute Gasteiger partial charge is 0.508 e. The zero-order chi connectivity index (χ0) is 13.7. The zero-order valence-corrected chi connectivity index (χ0v) is 10.5. The second-order valence-electron chi connectivity index (χ2n) is 4.05. The van der Waals surface area contributed by atoms with Crippen LogP contribution in [0.15, 0.2) is 47.1 Å². The van der Waals surface area contributed by atoms with Gasteiger partial charge in [0.05, 0.1) is 12.8 Å². The van der Waals surface area contributed by atoms with Crippen molar-refractivity contribution in [3.05, 3.63) is 48.4 Å². The van der Waals surface area contributed by atoms with Gasteiger partial charge in [0.15, 0.2) is 6.10 Å². The lowest BCUT2D eigenvalue weighted by molar-refractivity contribution is -0.127. The number of benzene rings is 1. The molecule has 1 unspecified atom stereocenters. The number of carbonyl (C=O) groups is 1. The van der Waals surface area contributed by atoms with E-state index < -0.39 is 6.10 Å². The van der Waals surface area contributed by atoms with Crippen molar-refractivity contribution in [3.8, 4) is 11.5 Å². The summed E-state index contributed by atoms with van der Waals surface area (Å²) in [6, 6.07) is 9.86. The summed E-state index contributed by atoms with van der Waals surface area (Å²) in [6.07, 6.45) is 0.894. The monoisotopic (exact) mass is 261 g/mol. The quantitative estimate of drug-likeness (QED) is 0.864. The molecular weight excluding hydrogens is 246 g/mol. The zero-order valence-electron chi connectivity index (χ0n) is 10.5. The lowest BCUT2D eigenvalue weighted by Crippen LogP contribution is -2.35. The van der Waals surface area contributed by atoms with E-state index in [0.29, 0.717) is 18.1 Å². The summed E-state index contributed by atoms with van der Waals surface area (Å²) < 4.78 is 10.5. The van der Waals surface area contributed by atoms with Crippen LogP contribution in [0.2, 0.25) is 0 Å². The van der Waals surface area contributed by atoms with Gasteiger partial charge in [-0.1, -0.05) is 6.07 Å². The molecule has 1 amide bonds. The van der Waals surface area contributed by atoms with Gasteiger partial charge in [-0.3, -0.25) is 4.79 Å². The topological polar surface area (TPSA) is 71.7 Å². The number of rotatable bonds is 5. The van der Waals surface area contributed by atoms with E-state index in [4.69, 9.17) is 9.15 Å². The Morgan fingerprint density at radius 2 is 2.26 bits per heavy atom. The van der Waals surface area contributed by atoms with Crippen LogP contribution in [0.25, 0.3) is 0 Å². The Hall–Kier alpha value is -2.43. The number of phenols is 1. The van der Waals surface area contributed by atoms with Crippen molar-refractivity contribution >= 4 is 5.91 Å². The highest BCUT2D eigenvalue weighted by Gasteiger charge is 2.14. The summed E-state index contributed by atoms with van der Waals surface area (Å²) in [7, 11) is 0. The number of ether oxygens (including phenoxy) is 1. The van der Waals surface area contributed by atoms with Crippen LogP contribution in [-0.4, -0.2) is 17.1 Å². The normalized spacial score (nSPS) is 11.8. The van der Waals surface area contributed by atoms with Crippen LogP contribution in [0.5, 0.6) is 11.5 Å². The van der Waals surface area contributed by atoms with E-state index in [1.54, 1.807) is 37.5 Å². The SMILES string of the molecule is CC(Oc1cccc(O)c1)C(=O)NCc1ccco1. The van der Waals surface area contributed by atoms with Crippen molar-refractivity contribution < 1.29 is 19.1 Å². The maximum Gasteiger partial charge on any atom is 0.261 e. The van der Waals surface area contributed by atoms with Gasteiger partial charge in [-0.2, -0.15) is 0 Å². The van der Waals surface area contributed by atoms with Crippen LogP contribution in [0.3, 0.4) is 0 Å². The first-order valence-corrected chi connectivity index (χ1v) is 5.91. The lowest BCUT2D eigenvalue weighted by atomic mass is 10.3. The molecule has 5 heteroatoms. The number of aromatic hydroxyl groups is 1. The number of carbonyl (C=O) groups excluding carboxylic acids is 1. The third kappa shape index (κ3) is 3.77. The standard InChI is InChI=1S/C14H15NO4/c1-10(19-12-5-2-4-11(16)8-12)14(17)15-9-13-6-3-7-18-13/h2-8,10,16H,9H2,1H3,(H,15,17). The Bertz CT molecular complexity index is 536. The summed E-state index contributed by atoms with van der Waals surface area (Å²) in [4.78, 5) is 11.8. The summed E-state index contributed by atoms with van der Waals surface area (Å²) in [5.41, 5.74) is 0. The number of amides is 1. The molecule has 0 aliphatic carbocycles. The van der Waals surface area contributed by atoms with Crippen molar-refractivity contribution in [3.63, 3.8) is 0 Å². The van der Waals surface area contributed by atoms with Gasteiger partial charge in [0.1, 0.15) is 17.3 Å². The molecule has 0 aliphatic heterocycles. The number of furan rings is 1. The van der Waals surface area contributed by atoms with Crippen molar-refractivity contribution in [2.45, 2.75) is 19.6 Å². The minimum Gasteiger partial charge on any atom is -0.508 e. The Morgan fingerprint density at radius 1 is 1.42 bits per heavy atom. The maximum absolute atomic E-state index is 11.8. The first-order chi connectivity index (χ1) is 9.15. The van der Waals surface area contributed by atoms with E-state index in [1.807, 2.05) is 0 Å². The number of phenolic OH excluding ortho intramolecular Hbond substituents is 1. The second kappa shape index (κ2) is 5.95. The van der Waals surface area contributed by atoms with Crippen LogP contribution >= 0.6 is 0 Å². The van der Waals surface area contributed by atoms with E-state index >= 15 is 0 Å². The van der Waals surface area contributed by atoms with Gasteiger partial charge < -0.3 is 19.6 Å². The van der Waals surface area contributed by atoms with Gasteiger partial charge in [-0.15, -0.1) is 0 Å². The highest BCUT2D eigenvalue weighted by Crippen LogP contribution is 2.18. The summed E-state index contributed by atoms with van der Waals surface area (Å²) >= 11 is 0. The van der Waals surface area contributed by atoms with Gasteiger partial charge in [0.2, 0.25) is 0 Å². The fraction of sp³-hybridized carbons (Fsp3) is 0.214. The predicted octanol–water partition coefficient (Wildman–Crippen LogP) is 2.07. The molecule has 2 N–H and O–H groups in total. The first-order valence-electron chi connectivity index (χ1n) is 5.91. The molecule has 1 heterocycles. The molecule has 100 valence electrons. The van der Waals surface area contributed by atoms with Crippen LogP contribution < -0.4 is 10.1 Å². The average Bonchev–Trinajstić information content (AvgIpc) is 2.89. The number of nitrogens with one attached hydrogen (secondary N) is 1. The summed E-state index contributed by atoms with van der Waals surface area (Å²) in [5.74, 6) is 0.971. The second-order valence-corrected chi connectivity index (χ2v) is 4.05. The van der Waals surface area contributed by atoms with Crippen LogP contribution in [-0.2, 0) is 11.3 Å². The Morgan fingerprint density at radius 3 is 2.95 bits per heavy atom. The third-order valence-electron chi connectivity index (χ3n) is 2.52.